The smallest absolute Gasteiger partial charge is 0.347 e. The number of fused-ring (bicyclic) bond motifs is 2. The van der Waals surface area contributed by atoms with E-state index in [1.165, 1.54) is 0 Å². The molecule has 0 saturated heterocycles. The van der Waals surface area contributed by atoms with Gasteiger partial charge in [-0.3, -0.25) is 0 Å². The van der Waals surface area contributed by atoms with Crippen LogP contribution in [0.2, 0.25) is 0 Å². The molecule has 8 N–H and O–H groups in total. The molecule has 2 atom stereocenters. The number of guanidine groups is 1. The van der Waals surface area contributed by atoms with Crippen molar-refractivity contribution in [3.05, 3.63) is 44.5 Å². The number of hydrogen-bond donors (Lipinski definition) is 6. The van der Waals surface area contributed by atoms with Gasteiger partial charge in [-0.2, -0.15) is 0 Å². The van der Waals surface area contributed by atoms with Crippen molar-refractivity contribution in [3.63, 3.8) is 0 Å². The zero-order chi connectivity index (χ0) is 29.4. The van der Waals surface area contributed by atoms with Crippen LogP contribution in [0.1, 0.15) is 71.2 Å². The SMILES string of the molecule is Cc1c(C)c2c(c(C)c1O)CCC(C)(C(=O)O)O2.Cc1c(C)c2c(c(C)c1O)CCC(C)(CNN=C(N)N)O2. The second-order valence-corrected chi connectivity index (χ2v) is 11.1. The van der Waals surface area contributed by atoms with Gasteiger partial charge in [0.15, 0.2) is 0 Å². The van der Waals surface area contributed by atoms with E-state index in [9.17, 15) is 20.1 Å². The highest BCUT2D eigenvalue weighted by atomic mass is 16.5. The second kappa shape index (κ2) is 10.7. The van der Waals surface area contributed by atoms with Crippen LogP contribution in [-0.4, -0.2) is 45.0 Å². The van der Waals surface area contributed by atoms with E-state index in [2.05, 4.69) is 10.5 Å². The molecular formula is C29H42N4O6. The molecule has 2 aliphatic heterocycles. The molecule has 4 rings (SSSR count). The van der Waals surface area contributed by atoms with Crippen molar-refractivity contribution in [1.29, 1.82) is 0 Å². The van der Waals surface area contributed by atoms with E-state index in [4.69, 9.17) is 20.9 Å². The van der Waals surface area contributed by atoms with E-state index in [0.717, 1.165) is 63.1 Å². The molecule has 10 nitrogen and oxygen atoms in total. The molecule has 0 bridgehead atoms. The lowest BCUT2D eigenvalue weighted by Gasteiger charge is -2.37. The van der Waals surface area contributed by atoms with Crippen LogP contribution in [0.3, 0.4) is 0 Å². The van der Waals surface area contributed by atoms with Crippen LogP contribution in [0.25, 0.3) is 0 Å². The molecule has 0 radical (unpaired) electrons. The summed E-state index contributed by atoms with van der Waals surface area (Å²) < 4.78 is 11.9. The van der Waals surface area contributed by atoms with Crippen LogP contribution in [0, 0.1) is 41.5 Å². The van der Waals surface area contributed by atoms with Crippen molar-refractivity contribution in [3.8, 4) is 23.0 Å². The van der Waals surface area contributed by atoms with Crippen LogP contribution in [0.15, 0.2) is 5.10 Å². The van der Waals surface area contributed by atoms with Crippen molar-refractivity contribution < 1.29 is 29.6 Å². The Labute approximate surface area is 230 Å². The molecule has 2 aromatic rings. The highest BCUT2D eigenvalue weighted by Crippen LogP contribution is 2.44. The summed E-state index contributed by atoms with van der Waals surface area (Å²) in [7, 11) is 0. The van der Waals surface area contributed by atoms with Gasteiger partial charge in [-0.15, -0.1) is 5.10 Å². The first-order valence-corrected chi connectivity index (χ1v) is 13.1. The van der Waals surface area contributed by atoms with Crippen LogP contribution in [-0.2, 0) is 17.6 Å². The third kappa shape index (κ3) is 5.65. The zero-order valence-corrected chi connectivity index (χ0v) is 24.2. The molecule has 0 aliphatic carbocycles. The number of benzene rings is 2. The Morgan fingerprint density at radius 2 is 1.28 bits per heavy atom. The standard InChI is InChI=1S/C15H24N4O2.C14H18O4/c1-8-9(2)13-11(10(3)12(8)20)5-6-15(4,21-13)7-18-19-14(16)17;1-7-8(2)12-10(9(3)11(7)15)5-6-14(4,18-12)13(16)17/h18,20H,5-7H2,1-4H3,(H4,16,17,19);15H,5-6H2,1-4H3,(H,16,17). The van der Waals surface area contributed by atoms with E-state index in [1.54, 1.807) is 6.92 Å². The fourth-order valence-corrected chi connectivity index (χ4v) is 5.12. The number of hydrogen-bond acceptors (Lipinski definition) is 7. The largest absolute Gasteiger partial charge is 0.507 e. The van der Waals surface area contributed by atoms with E-state index in [-0.39, 0.29) is 17.3 Å². The Hall–Kier alpha value is -3.82. The van der Waals surface area contributed by atoms with Crippen molar-refractivity contribution in [2.75, 3.05) is 6.54 Å². The summed E-state index contributed by atoms with van der Waals surface area (Å²) in [5.41, 5.74) is 19.0. The van der Waals surface area contributed by atoms with Crippen molar-refractivity contribution in [2.24, 2.45) is 16.6 Å². The molecule has 10 heteroatoms. The Morgan fingerprint density at radius 1 is 0.821 bits per heavy atom. The quantitative estimate of drug-likeness (QED) is 0.191. The maximum Gasteiger partial charge on any atom is 0.347 e. The second-order valence-electron chi connectivity index (χ2n) is 11.1. The van der Waals surface area contributed by atoms with Gasteiger partial charge in [0, 0.05) is 17.5 Å². The fraction of sp³-hybridized carbons (Fsp3) is 0.517. The molecule has 0 spiro atoms. The maximum absolute atomic E-state index is 11.3. The topological polar surface area (TPSA) is 173 Å². The molecule has 2 aliphatic rings. The molecule has 0 amide bonds. The monoisotopic (exact) mass is 542 g/mol. The first-order valence-electron chi connectivity index (χ1n) is 13.1. The van der Waals surface area contributed by atoms with Gasteiger partial charge in [-0.25, -0.2) is 4.79 Å². The highest BCUT2D eigenvalue weighted by Gasteiger charge is 2.41. The molecule has 2 unspecified atom stereocenters. The van der Waals surface area contributed by atoms with Crippen molar-refractivity contribution in [2.45, 2.75) is 92.3 Å². The van der Waals surface area contributed by atoms with Gasteiger partial charge in [0.25, 0.3) is 0 Å². The van der Waals surface area contributed by atoms with Gasteiger partial charge < -0.3 is 41.7 Å². The van der Waals surface area contributed by atoms with E-state index in [0.29, 0.717) is 30.9 Å². The number of nitrogens with two attached hydrogens (primary N) is 2. The highest BCUT2D eigenvalue weighted by molar-refractivity contribution is 5.78. The minimum Gasteiger partial charge on any atom is -0.507 e. The minimum atomic E-state index is -1.17. The summed E-state index contributed by atoms with van der Waals surface area (Å²) in [6, 6.07) is 0. The summed E-state index contributed by atoms with van der Waals surface area (Å²) in [5.74, 6) is 1.21. The van der Waals surface area contributed by atoms with Gasteiger partial charge in [-0.05, 0) is 108 Å². The molecular weight excluding hydrogens is 500 g/mol. The number of ether oxygens (including phenoxy) is 2. The van der Waals surface area contributed by atoms with Gasteiger partial charge in [0.1, 0.15) is 28.6 Å². The molecule has 0 aromatic heterocycles. The molecule has 0 saturated carbocycles. The van der Waals surface area contributed by atoms with Gasteiger partial charge in [0.05, 0.1) is 6.54 Å². The number of carbonyl (C=O) groups is 1. The van der Waals surface area contributed by atoms with Crippen molar-refractivity contribution >= 4 is 11.9 Å². The van der Waals surface area contributed by atoms with E-state index < -0.39 is 11.6 Å². The lowest BCUT2D eigenvalue weighted by atomic mass is 9.87. The number of nitrogens with one attached hydrogen (secondary N) is 1. The lowest BCUT2D eigenvalue weighted by Crippen LogP contribution is -2.45. The van der Waals surface area contributed by atoms with Crippen LogP contribution in [0.4, 0.5) is 0 Å². The first kappa shape index (κ1) is 29.7. The van der Waals surface area contributed by atoms with Crippen LogP contribution in [0.5, 0.6) is 23.0 Å². The number of hydrazone groups is 1. The Bertz CT molecular complexity index is 1330. The number of aromatic hydroxyl groups is 2. The van der Waals surface area contributed by atoms with Crippen LogP contribution >= 0.6 is 0 Å². The summed E-state index contributed by atoms with van der Waals surface area (Å²) in [5, 5.41) is 33.2. The van der Waals surface area contributed by atoms with E-state index >= 15 is 0 Å². The zero-order valence-electron chi connectivity index (χ0n) is 24.2. The predicted molar refractivity (Wildman–Crippen MR) is 151 cm³/mol. The summed E-state index contributed by atoms with van der Waals surface area (Å²) in [6.07, 6.45) is 2.71. The van der Waals surface area contributed by atoms with Gasteiger partial charge in [0.2, 0.25) is 11.6 Å². The van der Waals surface area contributed by atoms with E-state index in [1.807, 2.05) is 48.5 Å². The Balaban J connectivity index is 0.000000218. The average molecular weight is 543 g/mol. The molecule has 2 heterocycles. The number of rotatable bonds is 4. The molecule has 2 aromatic carbocycles. The fourth-order valence-electron chi connectivity index (χ4n) is 5.12. The van der Waals surface area contributed by atoms with Crippen molar-refractivity contribution in [1.82, 2.24) is 5.43 Å². The average Bonchev–Trinajstić information content (AvgIpc) is 2.88. The van der Waals surface area contributed by atoms with Gasteiger partial charge in [-0.1, -0.05) is 0 Å². The first-order chi connectivity index (χ1) is 18.0. The number of phenols is 2. The normalized spacial score (nSPS) is 21.2. The minimum absolute atomic E-state index is 0.00241. The molecule has 39 heavy (non-hydrogen) atoms. The summed E-state index contributed by atoms with van der Waals surface area (Å²) in [6.45, 7) is 15.5. The number of carboxylic acids is 1. The lowest BCUT2D eigenvalue weighted by molar-refractivity contribution is -0.155. The number of phenolic OH excluding ortho intramolecular Hbond substituents is 2. The summed E-state index contributed by atoms with van der Waals surface area (Å²) in [4.78, 5) is 11.3. The van der Waals surface area contributed by atoms with Crippen LogP contribution < -0.4 is 26.4 Å². The Morgan fingerprint density at radius 3 is 1.74 bits per heavy atom. The number of aliphatic carboxylic acids is 1. The maximum atomic E-state index is 11.3. The van der Waals surface area contributed by atoms with Gasteiger partial charge >= 0.3 is 5.97 Å². The summed E-state index contributed by atoms with van der Waals surface area (Å²) >= 11 is 0. The Kier molecular flexibility index (Phi) is 8.19. The molecule has 0 fully saturated rings. The predicted octanol–water partition coefficient (Wildman–Crippen LogP) is 3.66. The number of nitrogens with zero attached hydrogens (tertiary/aromatic N) is 1. The third-order valence-corrected chi connectivity index (χ3v) is 8.23. The molecule has 214 valence electrons. The third-order valence-electron chi connectivity index (χ3n) is 8.23. The number of carboxylic acid groups (broad SMARTS) is 1.